The maximum atomic E-state index is 11.7. The average Bonchev–Trinajstić information content (AvgIpc) is 2.63. The lowest BCUT2D eigenvalue weighted by Crippen LogP contribution is -2.36. The predicted molar refractivity (Wildman–Crippen MR) is 62.5 cm³/mol. The number of amides is 1. The minimum absolute atomic E-state index is 0.206. The van der Waals surface area contributed by atoms with E-state index < -0.39 is 5.60 Å². The lowest BCUT2D eigenvalue weighted by molar-refractivity contribution is -0.147. The van der Waals surface area contributed by atoms with Crippen molar-refractivity contribution in [3.05, 3.63) is 0 Å². The molecule has 0 aliphatic carbocycles. The second-order valence-corrected chi connectivity index (χ2v) is 5.16. The molecule has 1 atom stereocenters. The van der Waals surface area contributed by atoms with Crippen molar-refractivity contribution in [1.82, 2.24) is 4.90 Å². The Hall–Kier alpha value is -1.26. The Balaban J connectivity index is 2.45. The van der Waals surface area contributed by atoms with Crippen molar-refractivity contribution in [3.63, 3.8) is 0 Å². The highest BCUT2D eigenvalue weighted by Crippen LogP contribution is 2.20. The Labute approximate surface area is 102 Å². The topological polar surface area (TPSA) is 55.8 Å². The van der Waals surface area contributed by atoms with E-state index in [1.54, 1.807) is 11.8 Å². The van der Waals surface area contributed by atoms with Gasteiger partial charge in [-0.05, 0) is 34.1 Å². The van der Waals surface area contributed by atoms with Crippen LogP contribution in [0.1, 0.15) is 34.1 Å². The SMILES string of the molecule is CCOC(=O)C1CCN(C(=O)OC(C)(C)C)C1. The number of carbonyl (C=O) groups excluding carboxylic acids is 2. The molecule has 98 valence electrons. The summed E-state index contributed by atoms with van der Waals surface area (Å²) in [6, 6.07) is 0. The van der Waals surface area contributed by atoms with Crippen LogP contribution in [0.4, 0.5) is 4.79 Å². The molecule has 0 saturated carbocycles. The van der Waals surface area contributed by atoms with Crippen LogP contribution in [-0.2, 0) is 14.3 Å². The minimum Gasteiger partial charge on any atom is -0.466 e. The molecule has 17 heavy (non-hydrogen) atoms. The molecule has 0 aromatic heterocycles. The Morgan fingerprint density at radius 3 is 2.53 bits per heavy atom. The second-order valence-electron chi connectivity index (χ2n) is 5.16. The van der Waals surface area contributed by atoms with Crippen molar-refractivity contribution >= 4 is 12.1 Å². The van der Waals surface area contributed by atoms with Crippen molar-refractivity contribution in [2.75, 3.05) is 19.7 Å². The number of likely N-dealkylation sites (tertiary alicyclic amines) is 1. The van der Waals surface area contributed by atoms with Gasteiger partial charge in [-0.1, -0.05) is 0 Å². The van der Waals surface area contributed by atoms with Gasteiger partial charge in [0.2, 0.25) is 0 Å². The molecular formula is C12H21NO4. The lowest BCUT2D eigenvalue weighted by Gasteiger charge is -2.24. The molecule has 0 radical (unpaired) electrons. The Bertz CT molecular complexity index is 295. The third kappa shape index (κ3) is 4.24. The summed E-state index contributed by atoms with van der Waals surface area (Å²) in [5.74, 6) is -0.430. The zero-order chi connectivity index (χ0) is 13.1. The standard InChI is InChI=1S/C12H21NO4/c1-5-16-10(14)9-6-7-13(8-9)11(15)17-12(2,3)4/h9H,5-8H2,1-4H3. The fraction of sp³-hybridized carbons (Fsp3) is 0.833. The highest BCUT2D eigenvalue weighted by atomic mass is 16.6. The number of esters is 1. The van der Waals surface area contributed by atoms with Gasteiger partial charge in [0, 0.05) is 13.1 Å². The highest BCUT2D eigenvalue weighted by molar-refractivity contribution is 5.75. The van der Waals surface area contributed by atoms with Crippen molar-refractivity contribution in [3.8, 4) is 0 Å². The van der Waals surface area contributed by atoms with Crippen LogP contribution >= 0.6 is 0 Å². The molecular weight excluding hydrogens is 222 g/mol. The van der Waals surface area contributed by atoms with E-state index >= 15 is 0 Å². The second kappa shape index (κ2) is 5.38. The number of ether oxygens (including phenoxy) is 2. The van der Waals surface area contributed by atoms with E-state index in [0.29, 0.717) is 26.1 Å². The van der Waals surface area contributed by atoms with Gasteiger partial charge in [0.15, 0.2) is 0 Å². The van der Waals surface area contributed by atoms with Crippen LogP contribution in [-0.4, -0.2) is 42.3 Å². The van der Waals surface area contributed by atoms with Crippen molar-refractivity contribution in [2.45, 2.75) is 39.7 Å². The summed E-state index contributed by atoms with van der Waals surface area (Å²) >= 11 is 0. The van der Waals surface area contributed by atoms with Gasteiger partial charge in [-0.15, -0.1) is 0 Å². The molecule has 0 N–H and O–H groups in total. The van der Waals surface area contributed by atoms with Gasteiger partial charge in [0.05, 0.1) is 12.5 Å². The van der Waals surface area contributed by atoms with E-state index in [-0.39, 0.29) is 18.0 Å². The molecule has 5 heteroatoms. The van der Waals surface area contributed by atoms with E-state index in [0.717, 1.165) is 0 Å². The summed E-state index contributed by atoms with van der Waals surface area (Å²) in [7, 11) is 0. The van der Waals surface area contributed by atoms with Crippen LogP contribution in [0, 0.1) is 5.92 Å². The Morgan fingerprint density at radius 2 is 2.00 bits per heavy atom. The number of nitrogens with zero attached hydrogens (tertiary/aromatic N) is 1. The quantitative estimate of drug-likeness (QED) is 0.694. The molecule has 1 saturated heterocycles. The van der Waals surface area contributed by atoms with Crippen LogP contribution in [0.2, 0.25) is 0 Å². The smallest absolute Gasteiger partial charge is 0.410 e. The van der Waals surface area contributed by atoms with Gasteiger partial charge < -0.3 is 14.4 Å². The fourth-order valence-electron chi connectivity index (χ4n) is 1.71. The molecule has 5 nitrogen and oxygen atoms in total. The largest absolute Gasteiger partial charge is 0.466 e. The molecule has 0 bridgehead atoms. The Kier molecular flexibility index (Phi) is 4.37. The van der Waals surface area contributed by atoms with E-state index in [2.05, 4.69) is 0 Å². The number of hydrogen-bond donors (Lipinski definition) is 0. The summed E-state index contributed by atoms with van der Waals surface area (Å²) in [6.07, 6.45) is 0.294. The molecule has 1 heterocycles. The van der Waals surface area contributed by atoms with Gasteiger partial charge in [0.25, 0.3) is 0 Å². The molecule has 1 amide bonds. The normalized spacial score (nSPS) is 20.2. The molecule has 1 fully saturated rings. The first-order chi connectivity index (χ1) is 7.83. The van der Waals surface area contributed by atoms with Crippen molar-refractivity contribution < 1.29 is 19.1 Å². The fourth-order valence-corrected chi connectivity index (χ4v) is 1.71. The van der Waals surface area contributed by atoms with Crippen LogP contribution in [0.3, 0.4) is 0 Å². The summed E-state index contributed by atoms with van der Waals surface area (Å²) in [5, 5.41) is 0. The number of rotatable bonds is 2. The maximum Gasteiger partial charge on any atom is 0.410 e. The monoisotopic (exact) mass is 243 g/mol. The van der Waals surface area contributed by atoms with Gasteiger partial charge in [-0.2, -0.15) is 0 Å². The Morgan fingerprint density at radius 1 is 1.35 bits per heavy atom. The average molecular weight is 243 g/mol. The predicted octanol–water partition coefficient (Wildman–Crippen LogP) is 1.81. The molecule has 1 aliphatic rings. The van der Waals surface area contributed by atoms with Gasteiger partial charge in [-0.25, -0.2) is 4.79 Å². The zero-order valence-corrected chi connectivity index (χ0v) is 11.0. The van der Waals surface area contributed by atoms with Crippen LogP contribution in [0.15, 0.2) is 0 Å². The summed E-state index contributed by atoms with van der Waals surface area (Å²) < 4.78 is 10.2. The van der Waals surface area contributed by atoms with Crippen LogP contribution in [0.5, 0.6) is 0 Å². The third-order valence-electron chi connectivity index (χ3n) is 2.46. The third-order valence-corrected chi connectivity index (χ3v) is 2.46. The van der Waals surface area contributed by atoms with Gasteiger partial charge in [0.1, 0.15) is 5.60 Å². The molecule has 1 rings (SSSR count). The summed E-state index contributed by atoms with van der Waals surface area (Å²) in [4.78, 5) is 24.8. The molecule has 0 aromatic carbocycles. The first kappa shape index (κ1) is 13.8. The molecule has 0 spiro atoms. The van der Waals surface area contributed by atoms with E-state index in [1.165, 1.54) is 0 Å². The lowest BCUT2D eigenvalue weighted by atomic mass is 10.1. The van der Waals surface area contributed by atoms with E-state index in [1.807, 2.05) is 20.8 Å². The van der Waals surface area contributed by atoms with Crippen LogP contribution < -0.4 is 0 Å². The first-order valence-electron chi connectivity index (χ1n) is 5.98. The number of hydrogen-bond acceptors (Lipinski definition) is 4. The van der Waals surface area contributed by atoms with Crippen molar-refractivity contribution in [1.29, 1.82) is 0 Å². The zero-order valence-electron chi connectivity index (χ0n) is 11.0. The summed E-state index contributed by atoms with van der Waals surface area (Å²) in [6.45, 7) is 8.57. The first-order valence-corrected chi connectivity index (χ1v) is 5.98. The summed E-state index contributed by atoms with van der Waals surface area (Å²) in [5.41, 5.74) is -0.501. The molecule has 1 unspecified atom stereocenters. The van der Waals surface area contributed by atoms with Crippen molar-refractivity contribution in [2.24, 2.45) is 5.92 Å². The molecule has 1 aliphatic heterocycles. The van der Waals surface area contributed by atoms with Gasteiger partial charge in [-0.3, -0.25) is 4.79 Å². The number of carbonyl (C=O) groups is 2. The minimum atomic E-state index is -0.501. The van der Waals surface area contributed by atoms with E-state index in [4.69, 9.17) is 9.47 Å². The van der Waals surface area contributed by atoms with Crippen LogP contribution in [0.25, 0.3) is 0 Å². The highest BCUT2D eigenvalue weighted by Gasteiger charge is 2.34. The molecule has 0 aromatic rings. The van der Waals surface area contributed by atoms with Gasteiger partial charge >= 0.3 is 12.1 Å². The van der Waals surface area contributed by atoms with E-state index in [9.17, 15) is 9.59 Å². The maximum absolute atomic E-state index is 11.7.